The van der Waals surface area contributed by atoms with Crippen molar-refractivity contribution in [3.63, 3.8) is 0 Å². The zero-order valence-corrected chi connectivity index (χ0v) is 15.2. The van der Waals surface area contributed by atoms with Gasteiger partial charge < -0.3 is 4.74 Å². The summed E-state index contributed by atoms with van der Waals surface area (Å²) in [7, 11) is 0. The monoisotopic (exact) mass is 375 g/mol. The Hall–Kier alpha value is -2.37. The third kappa shape index (κ3) is 3.83. The van der Waals surface area contributed by atoms with Crippen molar-refractivity contribution in [3.05, 3.63) is 75.2 Å². The Balaban J connectivity index is 1.84. The minimum absolute atomic E-state index is 0.0405. The van der Waals surface area contributed by atoms with Crippen LogP contribution in [0.25, 0.3) is 5.82 Å². The number of pyridine rings is 1. The summed E-state index contributed by atoms with van der Waals surface area (Å²) in [6, 6.07) is 12.4. The maximum atomic E-state index is 12.4. The van der Waals surface area contributed by atoms with Crippen LogP contribution < -0.4 is 0 Å². The molecule has 0 N–H and O–H groups in total. The number of nitrogens with zero attached hydrogens (tertiary/aromatic N) is 3. The van der Waals surface area contributed by atoms with Crippen LogP contribution in [-0.4, -0.2) is 20.7 Å². The lowest BCUT2D eigenvalue weighted by molar-refractivity contribution is 0.0466. The van der Waals surface area contributed by atoms with Crippen molar-refractivity contribution >= 4 is 29.2 Å². The van der Waals surface area contributed by atoms with Crippen LogP contribution in [0.15, 0.2) is 42.5 Å². The number of ether oxygens (including phenoxy) is 1. The Labute approximate surface area is 155 Å². The van der Waals surface area contributed by atoms with Crippen molar-refractivity contribution in [2.24, 2.45) is 0 Å². The van der Waals surface area contributed by atoms with Gasteiger partial charge in [-0.15, -0.1) is 0 Å². The molecule has 128 valence electrons. The summed E-state index contributed by atoms with van der Waals surface area (Å²) in [4.78, 5) is 16.7. The fourth-order valence-corrected chi connectivity index (χ4v) is 2.75. The average molecular weight is 376 g/mol. The van der Waals surface area contributed by atoms with E-state index in [4.69, 9.17) is 27.9 Å². The van der Waals surface area contributed by atoms with Gasteiger partial charge >= 0.3 is 5.97 Å². The van der Waals surface area contributed by atoms with E-state index < -0.39 is 5.97 Å². The first-order valence-electron chi connectivity index (χ1n) is 7.56. The normalized spacial score (nSPS) is 10.7. The Kier molecular flexibility index (Phi) is 5.06. The number of rotatable bonds is 4. The SMILES string of the molecule is Cc1cc(C)n(-c2ccc(Cl)c(C(=O)OCc3ccccc3Cl)n2)n1. The molecule has 0 saturated heterocycles. The summed E-state index contributed by atoms with van der Waals surface area (Å²) in [6.07, 6.45) is 0. The molecule has 2 heterocycles. The van der Waals surface area contributed by atoms with Crippen molar-refractivity contribution in [2.45, 2.75) is 20.5 Å². The second kappa shape index (κ2) is 7.25. The number of hydrogen-bond acceptors (Lipinski definition) is 4. The molecule has 0 amide bonds. The maximum Gasteiger partial charge on any atom is 0.358 e. The summed E-state index contributed by atoms with van der Waals surface area (Å²) in [5, 5.41) is 5.11. The van der Waals surface area contributed by atoms with E-state index in [1.54, 1.807) is 28.9 Å². The minimum Gasteiger partial charge on any atom is -0.456 e. The number of halogens is 2. The summed E-state index contributed by atoms with van der Waals surface area (Å²) in [6.45, 7) is 3.84. The van der Waals surface area contributed by atoms with Crippen LogP contribution in [0.2, 0.25) is 10.0 Å². The number of carbonyl (C=O) groups is 1. The van der Waals surface area contributed by atoms with E-state index in [1.807, 2.05) is 32.0 Å². The number of esters is 1. The van der Waals surface area contributed by atoms with Gasteiger partial charge in [0.25, 0.3) is 0 Å². The van der Waals surface area contributed by atoms with Gasteiger partial charge in [0.15, 0.2) is 11.5 Å². The third-order valence-electron chi connectivity index (χ3n) is 3.57. The Morgan fingerprint density at radius 3 is 2.56 bits per heavy atom. The number of benzene rings is 1. The third-order valence-corrected chi connectivity index (χ3v) is 4.24. The highest BCUT2D eigenvalue weighted by molar-refractivity contribution is 6.33. The van der Waals surface area contributed by atoms with E-state index in [2.05, 4.69) is 10.1 Å². The molecule has 25 heavy (non-hydrogen) atoms. The molecule has 0 aliphatic carbocycles. The maximum absolute atomic E-state index is 12.4. The van der Waals surface area contributed by atoms with Crippen LogP contribution >= 0.6 is 23.2 Å². The summed E-state index contributed by atoms with van der Waals surface area (Å²) >= 11 is 12.2. The molecule has 1 aromatic carbocycles. The molecule has 0 atom stereocenters. The van der Waals surface area contributed by atoms with Crippen molar-refractivity contribution in [1.29, 1.82) is 0 Å². The van der Waals surface area contributed by atoms with Crippen LogP contribution in [0, 0.1) is 13.8 Å². The van der Waals surface area contributed by atoms with Gasteiger partial charge in [-0.3, -0.25) is 0 Å². The highest BCUT2D eigenvalue weighted by Crippen LogP contribution is 2.20. The topological polar surface area (TPSA) is 57.0 Å². The molecule has 7 heteroatoms. The number of carbonyl (C=O) groups excluding carboxylic acids is 1. The molecule has 5 nitrogen and oxygen atoms in total. The molecule has 0 radical (unpaired) electrons. The van der Waals surface area contributed by atoms with E-state index in [0.29, 0.717) is 16.4 Å². The smallest absolute Gasteiger partial charge is 0.358 e. The zero-order valence-electron chi connectivity index (χ0n) is 13.7. The predicted molar refractivity (Wildman–Crippen MR) is 96.4 cm³/mol. The largest absolute Gasteiger partial charge is 0.456 e. The van der Waals surface area contributed by atoms with Crippen LogP contribution in [0.5, 0.6) is 0 Å². The van der Waals surface area contributed by atoms with E-state index in [1.165, 1.54) is 0 Å². The zero-order chi connectivity index (χ0) is 18.0. The molecule has 0 fully saturated rings. The van der Waals surface area contributed by atoms with E-state index in [9.17, 15) is 4.79 Å². The average Bonchev–Trinajstić information content (AvgIpc) is 2.92. The molecule has 0 saturated carbocycles. The van der Waals surface area contributed by atoms with E-state index in [-0.39, 0.29) is 17.3 Å². The molecule has 0 aliphatic rings. The predicted octanol–water partition coefficient (Wildman–Crippen LogP) is 4.55. The molecule has 3 rings (SSSR count). The van der Waals surface area contributed by atoms with Crippen LogP contribution in [-0.2, 0) is 11.3 Å². The summed E-state index contributed by atoms with van der Waals surface area (Å²) < 4.78 is 6.95. The Bertz CT molecular complexity index is 938. The Morgan fingerprint density at radius 2 is 1.88 bits per heavy atom. The minimum atomic E-state index is -0.617. The van der Waals surface area contributed by atoms with Gasteiger partial charge in [0.1, 0.15) is 6.61 Å². The molecule has 0 aliphatic heterocycles. The van der Waals surface area contributed by atoms with Crippen LogP contribution in [0.1, 0.15) is 27.4 Å². The van der Waals surface area contributed by atoms with Crippen molar-refractivity contribution in [2.75, 3.05) is 0 Å². The van der Waals surface area contributed by atoms with E-state index >= 15 is 0 Å². The second-order valence-electron chi connectivity index (χ2n) is 5.51. The summed E-state index contributed by atoms with van der Waals surface area (Å²) in [5.74, 6) is -0.118. The highest BCUT2D eigenvalue weighted by Gasteiger charge is 2.17. The van der Waals surface area contributed by atoms with Crippen molar-refractivity contribution < 1.29 is 9.53 Å². The van der Waals surface area contributed by atoms with Gasteiger partial charge in [-0.05, 0) is 38.1 Å². The standard InChI is InChI=1S/C18H15Cl2N3O2/c1-11-9-12(2)23(22-11)16-8-7-15(20)17(21-16)18(24)25-10-13-5-3-4-6-14(13)19/h3-9H,10H2,1-2H3. The fraction of sp³-hybridized carbons (Fsp3) is 0.167. The highest BCUT2D eigenvalue weighted by atomic mass is 35.5. The van der Waals surface area contributed by atoms with Gasteiger partial charge in [0.2, 0.25) is 0 Å². The Morgan fingerprint density at radius 1 is 1.12 bits per heavy atom. The molecule has 0 unspecified atom stereocenters. The molecule has 0 bridgehead atoms. The van der Waals surface area contributed by atoms with Crippen LogP contribution in [0.4, 0.5) is 0 Å². The summed E-state index contributed by atoms with van der Waals surface area (Å²) in [5.41, 5.74) is 2.52. The van der Waals surface area contributed by atoms with Gasteiger partial charge in [0.05, 0.1) is 10.7 Å². The van der Waals surface area contributed by atoms with Gasteiger partial charge in [-0.1, -0.05) is 41.4 Å². The molecular weight excluding hydrogens is 361 g/mol. The number of aromatic nitrogens is 3. The number of hydrogen-bond donors (Lipinski definition) is 0. The molecule has 2 aromatic heterocycles. The van der Waals surface area contributed by atoms with Gasteiger partial charge in [0, 0.05) is 16.3 Å². The lowest BCUT2D eigenvalue weighted by atomic mass is 10.2. The molecule has 3 aromatic rings. The van der Waals surface area contributed by atoms with Crippen molar-refractivity contribution in [1.82, 2.24) is 14.8 Å². The molecular formula is C18H15Cl2N3O2. The first kappa shape index (κ1) is 17.5. The second-order valence-corrected chi connectivity index (χ2v) is 6.32. The lowest BCUT2D eigenvalue weighted by Gasteiger charge is -2.09. The van der Waals surface area contributed by atoms with Crippen LogP contribution in [0.3, 0.4) is 0 Å². The molecule has 0 spiro atoms. The van der Waals surface area contributed by atoms with Crippen molar-refractivity contribution in [3.8, 4) is 5.82 Å². The quantitative estimate of drug-likeness (QED) is 0.627. The van der Waals surface area contributed by atoms with Gasteiger partial charge in [-0.2, -0.15) is 5.10 Å². The van der Waals surface area contributed by atoms with Gasteiger partial charge in [-0.25, -0.2) is 14.5 Å². The number of aryl methyl sites for hydroxylation is 2. The first-order valence-corrected chi connectivity index (χ1v) is 8.32. The lowest BCUT2D eigenvalue weighted by Crippen LogP contribution is -2.11. The fourth-order valence-electron chi connectivity index (χ4n) is 2.38. The first-order chi connectivity index (χ1) is 12.0. The van der Waals surface area contributed by atoms with E-state index in [0.717, 1.165) is 11.4 Å².